The third kappa shape index (κ3) is 7.30. The van der Waals surface area contributed by atoms with Crippen LogP contribution in [0.5, 0.6) is 0 Å². The zero-order valence-electron chi connectivity index (χ0n) is 11.3. The lowest BCUT2D eigenvalue weighted by Gasteiger charge is -2.24. The molecule has 0 heterocycles. The molecule has 0 aliphatic heterocycles. The van der Waals surface area contributed by atoms with Crippen molar-refractivity contribution in [2.45, 2.75) is 82.9 Å². The average Bonchev–Trinajstić information content (AvgIpc) is 2.30. The van der Waals surface area contributed by atoms with Crippen LogP contribution in [0.1, 0.15) is 71.6 Å². The first-order chi connectivity index (χ1) is 8.22. The van der Waals surface area contributed by atoms with Gasteiger partial charge in [0, 0.05) is 11.3 Å². The Labute approximate surface area is 117 Å². The molecule has 0 aromatic rings. The van der Waals surface area contributed by atoms with Gasteiger partial charge in [0.05, 0.1) is 0 Å². The van der Waals surface area contributed by atoms with E-state index in [9.17, 15) is 0 Å². The summed E-state index contributed by atoms with van der Waals surface area (Å²) in [6.45, 7) is 4.56. The predicted molar refractivity (Wildman–Crippen MR) is 83.8 cm³/mol. The first-order valence-corrected chi connectivity index (χ1v) is 8.48. The fraction of sp³-hybridized carbons (Fsp3) is 0.929. The summed E-state index contributed by atoms with van der Waals surface area (Å²) in [4.78, 5) is 0. The highest BCUT2D eigenvalue weighted by Gasteiger charge is 2.15. The Morgan fingerprint density at radius 3 is 2.65 bits per heavy atom. The smallest absolute Gasteiger partial charge is 0.134 e. The molecule has 0 aromatic heterocycles. The van der Waals surface area contributed by atoms with E-state index in [1.807, 2.05) is 11.8 Å². The highest BCUT2D eigenvalue weighted by atomic mass is 32.2. The summed E-state index contributed by atoms with van der Waals surface area (Å²) in [6, 6.07) is 0.659. The van der Waals surface area contributed by atoms with Crippen molar-refractivity contribution in [3.63, 3.8) is 0 Å². The number of rotatable bonds is 6. The summed E-state index contributed by atoms with van der Waals surface area (Å²) in [5.74, 6) is 0. The molecular weight excluding hydrogens is 246 g/mol. The van der Waals surface area contributed by atoms with E-state index < -0.39 is 0 Å². The van der Waals surface area contributed by atoms with Crippen LogP contribution in [0, 0.1) is 0 Å². The molecule has 1 aliphatic rings. The second-order valence-corrected chi connectivity index (χ2v) is 7.31. The highest BCUT2D eigenvalue weighted by molar-refractivity contribution is 8.23. The third-order valence-electron chi connectivity index (χ3n) is 3.45. The van der Waals surface area contributed by atoms with Crippen molar-refractivity contribution in [3.8, 4) is 0 Å². The molecule has 1 saturated carbocycles. The van der Waals surface area contributed by atoms with E-state index in [-0.39, 0.29) is 0 Å². The maximum Gasteiger partial charge on any atom is 0.134 e. The van der Waals surface area contributed by atoms with Gasteiger partial charge in [-0.2, -0.15) is 0 Å². The average molecular weight is 274 g/mol. The van der Waals surface area contributed by atoms with E-state index in [0.717, 1.165) is 4.32 Å². The Kier molecular flexibility index (Phi) is 8.29. The van der Waals surface area contributed by atoms with Crippen LogP contribution < -0.4 is 5.32 Å². The van der Waals surface area contributed by atoms with Crippen molar-refractivity contribution >= 4 is 28.3 Å². The van der Waals surface area contributed by atoms with Gasteiger partial charge >= 0.3 is 0 Å². The second kappa shape index (κ2) is 9.21. The molecule has 1 aliphatic carbocycles. The van der Waals surface area contributed by atoms with Gasteiger partial charge in [0.1, 0.15) is 4.32 Å². The maximum atomic E-state index is 5.44. The molecule has 3 heteroatoms. The summed E-state index contributed by atoms with van der Waals surface area (Å²) in [5, 5.41) is 4.21. The molecule has 0 aromatic carbocycles. The molecule has 0 bridgehead atoms. The summed E-state index contributed by atoms with van der Waals surface area (Å²) < 4.78 is 1.03. The van der Waals surface area contributed by atoms with Crippen LogP contribution in [0.3, 0.4) is 0 Å². The monoisotopic (exact) mass is 273 g/mol. The summed E-state index contributed by atoms with van der Waals surface area (Å²) >= 11 is 7.31. The van der Waals surface area contributed by atoms with Crippen LogP contribution in [0.4, 0.5) is 0 Å². The molecule has 1 atom stereocenters. The molecule has 0 radical (unpaired) electrons. The zero-order valence-corrected chi connectivity index (χ0v) is 13.0. The van der Waals surface area contributed by atoms with E-state index in [1.165, 1.54) is 57.8 Å². The van der Waals surface area contributed by atoms with Crippen LogP contribution in [0.2, 0.25) is 0 Å². The number of hydrogen-bond acceptors (Lipinski definition) is 2. The Hall–Kier alpha value is 0.240. The molecule has 1 fully saturated rings. The molecule has 1 nitrogen and oxygen atoms in total. The van der Waals surface area contributed by atoms with Gasteiger partial charge in [-0.3, -0.25) is 0 Å². The fourth-order valence-corrected chi connectivity index (χ4v) is 3.92. The summed E-state index contributed by atoms with van der Waals surface area (Å²) in [7, 11) is 0. The Morgan fingerprint density at radius 1 is 1.29 bits per heavy atom. The topological polar surface area (TPSA) is 12.0 Å². The van der Waals surface area contributed by atoms with Crippen molar-refractivity contribution in [2.75, 3.05) is 0 Å². The van der Waals surface area contributed by atoms with Crippen LogP contribution >= 0.6 is 24.0 Å². The van der Waals surface area contributed by atoms with Gasteiger partial charge in [-0.25, -0.2) is 0 Å². The van der Waals surface area contributed by atoms with Gasteiger partial charge in [-0.1, -0.05) is 76.4 Å². The number of unbranched alkanes of at least 4 members (excludes halogenated alkanes) is 2. The van der Waals surface area contributed by atoms with E-state index in [1.54, 1.807) is 0 Å². The van der Waals surface area contributed by atoms with Crippen LogP contribution in [0.25, 0.3) is 0 Å². The SMILES string of the molecule is CCCCCC(C)SC(=S)NC1CCCCC1. The molecule has 1 unspecified atom stereocenters. The van der Waals surface area contributed by atoms with E-state index >= 15 is 0 Å². The Morgan fingerprint density at radius 2 is 2.00 bits per heavy atom. The van der Waals surface area contributed by atoms with Crippen molar-refractivity contribution in [2.24, 2.45) is 0 Å². The fourth-order valence-electron chi connectivity index (χ4n) is 2.37. The van der Waals surface area contributed by atoms with Gasteiger partial charge in [0.25, 0.3) is 0 Å². The van der Waals surface area contributed by atoms with Crippen molar-refractivity contribution in [3.05, 3.63) is 0 Å². The van der Waals surface area contributed by atoms with E-state index in [4.69, 9.17) is 12.2 Å². The van der Waals surface area contributed by atoms with Crippen molar-refractivity contribution in [1.82, 2.24) is 5.32 Å². The lowest BCUT2D eigenvalue weighted by molar-refractivity contribution is 0.416. The van der Waals surface area contributed by atoms with E-state index in [2.05, 4.69) is 19.2 Å². The predicted octanol–water partition coefficient (Wildman–Crippen LogP) is 4.90. The van der Waals surface area contributed by atoms with Gasteiger partial charge < -0.3 is 5.32 Å². The first-order valence-electron chi connectivity index (χ1n) is 7.19. The largest absolute Gasteiger partial charge is 0.368 e. The molecule has 100 valence electrons. The van der Waals surface area contributed by atoms with Crippen molar-refractivity contribution in [1.29, 1.82) is 0 Å². The van der Waals surface area contributed by atoms with Crippen LogP contribution in [-0.4, -0.2) is 15.6 Å². The van der Waals surface area contributed by atoms with Gasteiger partial charge in [0.2, 0.25) is 0 Å². The minimum atomic E-state index is 0.659. The van der Waals surface area contributed by atoms with Gasteiger partial charge in [0.15, 0.2) is 0 Å². The third-order valence-corrected chi connectivity index (χ3v) is 4.83. The molecule has 1 rings (SSSR count). The Bertz CT molecular complexity index is 212. The van der Waals surface area contributed by atoms with Gasteiger partial charge in [-0.15, -0.1) is 0 Å². The lowest BCUT2D eigenvalue weighted by Crippen LogP contribution is -2.34. The highest BCUT2D eigenvalue weighted by Crippen LogP contribution is 2.21. The normalized spacial score (nSPS) is 18.9. The number of nitrogens with one attached hydrogen (secondary N) is 1. The van der Waals surface area contributed by atoms with Crippen LogP contribution in [0.15, 0.2) is 0 Å². The maximum absolute atomic E-state index is 5.44. The molecule has 1 N–H and O–H groups in total. The zero-order chi connectivity index (χ0) is 12.5. The Balaban J connectivity index is 2.10. The lowest BCUT2D eigenvalue weighted by atomic mass is 9.96. The second-order valence-electron chi connectivity index (χ2n) is 5.19. The number of thioether (sulfide) groups is 1. The minimum absolute atomic E-state index is 0.659. The molecular formula is C14H27NS2. The van der Waals surface area contributed by atoms with Gasteiger partial charge in [-0.05, 0) is 19.3 Å². The number of thiocarbonyl (C=S) groups is 1. The summed E-state index contributed by atoms with van der Waals surface area (Å²) in [6.07, 6.45) is 12.1. The minimum Gasteiger partial charge on any atom is -0.368 e. The standard InChI is InChI=1S/C14H27NS2/c1-3-4-6-9-12(2)17-14(16)15-13-10-7-5-8-11-13/h12-13H,3-11H2,1-2H3,(H,15,16). The molecule has 17 heavy (non-hydrogen) atoms. The molecule has 0 spiro atoms. The summed E-state index contributed by atoms with van der Waals surface area (Å²) in [5.41, 5.74) is 0. The quantitative estimate of drug-likeness (QED) is 0.546. The van der Waals surface area contributed by atoms with Crippen LogP contribution in [-0.2, 0) is 0 Å². The van der Waals surface area contributed by atoms with E-state index in [0.29, 0.717) is 11.3 Å². The number of hydrogen-bond donors (Lipinski definition) is 1. The molecule has 0 amide bonds. The van der Waals surface area contributed by atoms with Crippen molar-refractivity contribution < 1.29 is 0 Å². The molecule has 0 saturated heterocycles. The first kappa shape index (κ1) is 15.3.